The number of halogens is 2. The molecular formula is C20H20ClFN2O4. The summed E-state index contributed by atoms with van der Waals surface area (Å²) in [6, 6.07) is 9.32. The highest BCUT2D eigenvalue weighted by atomic mass is 35.5. The van der Waals surface area contributed by atoms with Crippen molar-refractivity contribution in [3.05, 3.63) is 52.8 Å². The van der Waals surface area contributed by atoms with Gasteiger partial charge in [-0.2, -0.15) is 0 Å². The second-order valence-electron chi connectivity index (χ2n) is 6.24. The van der Waals surface area contributed by atoms with E-state index in [1.807, 2.05) is 12.1 Å². The van der Waals surface area contributed by atoms with Gasteiger partial charge in [0.25, 0.3) is 0 Å². The number of carbonyl (C=O) groups excluding carboxylic acids is 2. The average molecular weight is 407 g/mol. The van der Waals surface area contributed by atoms with Crippen molar-refractivity contribution in [1.29, 1.82) is 0 Å². The molecule has 0 atom stereocenters. The minimum absolute atomic E-state index is 0.0227. The van der Waals surface area contributed by atoms with E-state index in [0.29, 0.717) is 37.5 Å². The lowest BCUT2D eigenvalue weighted by Gasteiger charge is -2.17. The van der Waals surface area contributed by atoms with E-state index in [2.05, 4.69) is 10.6 Å². The maximum Gasteiger partial charge on any atom is 0.224 e. The number of anilines is 1. The smallest absolute Gasteiger partial charge is 0.224 e. The molecule has 1 heterocycles. The first-order valence-electron chi connectivity index (χ1n) is 8.91. The summed E-state index contributed by atoms with van der Waals surface area (Å²) in [6.07, 6.45) is 1.30. The molecule has 0 spiro atoms. The maximum absolute atomic E-state index is 13.0. The number of ether oxygens (including phenoxy) is 2. The van der Waals surface area contributed by atoms with Gasteiger partial charge in [0.15, 0.2) is 0 Å². The number of hydrogen-bond donors (Lipinski definition) is 2. The molecule has 1 aliphatic rings. The van der Waals surface area contributed by atoms with E-state index < -0.39 is 5.82 Å². The fraction of sp³-hybridized carbons (Fsp3) is 0.300. The first-order chi connectivity index (χ1) is 13.5. The molecule has 0 saturated heterocycles. The van der Waals surface area contributed by atoms with Crippen LogP contribution in [0.2, 0.25) is 5.02 Å². The van der Waals surface area contributed by atoms with Gasteiger partial charge in [-0.1, -0.05) is 11.6 Å². The summed E-state index contributed by atoms with van der Waals surface area (Å²) >= 11 is 5.85. The van der Waals surface area contributed by atoms with Crippen LogP contribution in [0, 0.1) is 5.82 Å². The SMILES string of the molecule is O=C(CCOc1ccc(F)cc1Cl)NCCOc1ccc2c(c1)CCC(=O)N2. The molecular weight excluding hydrogens is 387 g/mol. The van der Waals surface area contributed by atoms with Gasteiger partial charge in [-0.05, 0) is 48.4 Å². The fourth-order valence-corrected chi connectivity index (χ4v) is 2.97. The number of carbonyl (C=O) groups is 2. The molecule has 0 saturated carbocycles. The Kier molecular flexibility index (Phi) is 6.71. The Balaban J connectivity index is 1.34. The third-order valence-electron chi connectivity index (χ3n) is 4.15. The number of rotatable bonds is 8. The van der Waals surface area contributed by atoms with Crippen molar-refractivity contribution in [3.63, 3.8) is 0 Å². The Morgan fingerprint density at radius 2 is 2.00 bits per heavy atom. The summed E-state index contributed by atoms with van der Waals surface area (Å²) in [4.78, 5) is 23.2. The molecule has 148 valence electrons. The summed E-state index contributed by atoms with van der Waals surface area (Å²) in [7, 11) is 0. The van der Waals surface area contributed by atoms with Crippen molar-refractivity contribution in [2.24, 2.45) is 0 Å². The molecule has 28 heavy (non-hydrogen) atoms. The largest absolute Gasteiger partial charge is 0.492 e. The first-order valence-corrected chi connectivity index (χ1v) is 9.29. The standard InChI is InChI=1S/C20H20ClFN2O4/c21-16-12-14(22)2-5-18(16)28-9-7-19(25)23-8-10-27-15-3-4-17-13(11-15)1-6-20(26)24-17/h2-5,11-12H,1,6-10H2,(H,23,25)(H,24,26). The van der Waals surface area contributed by atoms with Crippen LogP contribution in [0.15, 0.2) is 36.4 Å². The number of benzene rings is 2. The number of aryl methyl sites for hydroxylation is 1. The van der Waals surface area contributed by atoms with Crippen LogP contribution >= 0.6 is 11.6 Å². The predicted octanol–water partition coefficient (Wildman–Crippen LogP) is 3.33. The summed E-state index contributed by atoms with van der Waals surface area (Å²) in [5.41, 5.74) is 1.86. The zero-order chi connectivity index (χ0) is 19.9. The lowest BCUT2D eigenvalue weighted by Crippen LogP contribution is -2.29. The topological polar surface area (TPSA) is 76.7 Å². The van der Waals surface area contributed by atoms with Crippen molar-refractivity contribution in [3.8, 4) is 11.5 Å². The summed E-state index contributed by atoms with van der Waals surface area (Å²) < 4.78 is 24.0. The monoisotopic (exact) mass is 406 g/mol. The molecule has 0 bridgehead atoms. The van der Waals surface area contributed by atoms with E-state index in [0.717, 1.165) is 17.3 Å². The van der Waals surface area contributed by atoms with Crippen LogP contribution in [0.1, 0.15) is 18.4 Å². The van der Waals surface area contributed by atoms with Gasteiger partial charge in [-0.15, -0.1) is 0 Å². The highest BCUT2D eigenvalue weighted by Gasteiger charge is 2.15. The minimum atomic E-state index is -0.446. The van der Waals surface area contributed by atoms with Gasteiger partial charge in [0.2, 0.25) is 11.8 Å². The maximum atomic E-state index is 13.0. The second-order valence-corrected chi connectivity index (χ2v) is 6.65. The zero-order valence-electron chi connectivity index (χ0n) is 15.1. The molecule has 2 amide bonds. The molecule has 6 nitrogen and oxygen atoms in total. The van der Waals surface area contributed by atoms with E-state index in [-0.39, 0.29) is 29.9 Å². The van der Waals surface area contributed by atoms with Gasteiger partial charge in [0, 0.05) is 12.1 Å². The Morgan fingerprint density at radius 3 is 2.82 bits per heavy atom. The molecule has 2 aromatic carbocycles. The lowest BCUT2D eigenvalue weighted by atomic mass is 10.0. The molecule has 2 aromatic rings. The Bertz CT molecular complexity index is 875. The van der Waals surface area contributed by atoms with Crippen molar-refractivity contribution >= 4 is 29.1 Å². The van der Waals surface area contributed by atoms with Gasteiger partial charge in [-0.3, -0.25) is 9.59 Å². The molecule has 3 rings (SSSR count). The van der Waals surface area contributed by atoms with Crippen LogP contribution in [0.3, 0.4) is 0 Å². The molecule has 0 aromatic heterocycles. The lowest BCUT2D eigenvalue weighted by molar-refractivity contribution is -0.121. The Morgan fingerprint density at radius 1 is 1.14 bits per heavy atom. The minimum Gasteiger partial charge on any atom is -0.492 e. The van der Waals surface area contributed by atoms with Crippen LogP contribution in [-0.2, 0) is 16.0 Å². The average Bonchev–Trinajstić information content (AvgIpc) is 2.67. The van der Waals surface area contributed by atoms with Gasteiger partial charge < -0.3 is 20.1 Å². The molecule has 2 N–H and O–H groups in total. The van der Waals surface area contributed by atoms with E-state index >= 15 is 0 Å². The van der Waals surface area contributed by atoms with E-state index in [1.54, 1.807) is 6.07 Å². The first kappa shape index (κ1) is 19.9. The Labute approximate surface area is 167 Å². The second kappa shape index (κ2) is 9.41. The highest BCUT2D eigenvalue weighted by Crippen LogP contribution is 2.27. The highest BCUT2D eigenvalue weighted by molar-refractivity contribution is 6.32. The van der Waals surface area contributed by atoms with Crippen molar-refractivity contribution < 1.29 is 23.5 Å². The van der Waals surface area contributed by atoms with Crippen LogP contribution in [0.4, 0.5) is 10.1 Å². The molecule has 0 unspecified atom stereocenters. The van der Waals surface area contributed by atoms with E-state index in [1.165, 1.54) is 12.1 Å². The van der Waals surface area contributed by atoms with Gasteiger partial charge in [0.05, 0.1) is 24.6 Å². The van der Waals surface area contributed by atoms with Crippen molar-refractivity contribution in [1.82, 2.24) is 5.32 Å². The Hall–Kier alpha value is -2.80. The molecule has 0 fully saturated rings. The fourth-order valence-electron chi connectivity index (χ4n) is 2.74. The molecule has 0 aliphatic carbocycles. The summed E-state index contributed by atoms with van der Waals surface area (Å²) in [6.45, 7) is 0.806. The van der Waals surface area contributed by atoms with Crippen LogP contribution in [-0.4, -0.2) is 31.6 Å². The number of fused-ring (bicyclic) bond motifs is 1. The van der Waals surface area contributed by atoms with E-state index in [4.69, 9.17) is 21.1 Å². The van der Waals surface area contributed by atoms with Crippen LogP contribution in [0.25, 0.3) is 0 Å². The molecule has 0 radical (unpaired) electrons. The number of nitrogens with one attached hydrogen (secondary N) is 2. The van der Waals surface area contributed by atoms with Gasteiger partial charge in [0.1, 0.15) is 23.9 Å². The zero-order valence-corrected chi connectivity index (χ0v) is 15.9. The van der Waals surface area contributed by atoms with Gasteiger partial charge in [-0.25, -0.2) is 4.39 Å². The normalized spacial score (nSPS) is 12.7. The third kappa shape index (κ3) is 5.60. The van der Waals surface area contributed by atoms with Crippen molar-refractivity contribution in [2.75, 3.05) is 25.1 Å². The van der Waals surface area contributed by atoms with Crippen LogP contribution in [0.5, 0.6) is 11.5 Å². The van der Waals surface area contributed by atoms with Gasteiger partial charge >= 0.3 is 0 Å². The van der Waals surface area contributed by atoms with Crippen LogP contribution < -0.4 is 20.1 Å². The quantitative estimate of drug-likeness (QED) is 0.659. The number of amides is 2. The third-order valence-corrected chi connectivity index (χ3v) is 4.44. The summed E-state index contributed by atoms with van der Waals surface area (Å²) in [5.74, 6) is 0.421. The van der Waals surface area contributed by atoms with E-state index in [9.17, 15) is 14.0 Å². The van der Waals surface area contributed by atoms with Crippen molar-refractivity contribution in [2.45, 2.75) is 19.3 Å². The summed E-state index contributed by atoms with van der Waals surface area (Å²) in [5, 5.41) is 5.72. The number of hydrogen-bond acceptors (Lipinski definition) is 4. The predicted molar refractivity (Wildman–Crippen MR) is 103 cm³/mol. The molecule has 1 aliphatic heterocycles. The molecule has 8 heteroatoms.